The zero-order chi connectivity index (χ0) is 16.1. The Labute approximate surface area is 128 Å². The maximum absolute atomic E-state index is 11.8. The minimum absolute atomic E-state index is 0.0737. The van der Waals surface area contributed by atoms with Crippen LogP contribution in [-0.4, -0.2) is 28.5 Å². The minimum atomic E-state index is -0.678. The maximum atomic E-state index is 11.8. The normalized spacial score (nSPS) is 10.1. The van der Waals surface area contributed by atoms with Crippen molar-refractivity contribution in [2.75, 3.05) is 11.9 Å². The number of nitrogens with zero attached hydrogens (tertiary/aromatic N) is 2. The fourth-order valence-electron chi connectivity index (χ4n) is 1.72. The van der Waals surface area contributed by atoms with Gasteiger partial charge in [-0.2, -0.15) is 0 Å². The van der Waals surface area contributed by atoms with Crippen molar-refractivity contribution in [1.82, 2.24) is 9.97 Å². The fourth-order valence-corrected chi connectivity index (χ4v) is 1.72. The standard InChI is InChI=1S/C16H17N3O3/c1-10-4-5-13(6-11(10)2)19-15(20)9-22-16(21)14-8-17-12(3)7-18-14/h4-8H,9H2,1-3H3,(H,19,20). The third-order valence-corrected chi connectivity index (χ3v) is 3.12. The van der Waals surface area contributed by atoms with Gasteiger partial charge >= 0.3 is 5.97 Å². The molecular formula is C16H17N3O3. The molecule has 1 amide bonds. The zero-order valence-corrected chi connectivity index (χ0v) is 12.7. The quantitative estimate of drug-likeness (QED) is 0.875. The molecule has 0 radical (unpaired) electrons. The first-order valence-electron chi connectivity index (χ1n) is 6.78. The van der Waals surface area contributed by atoms with Gasteiger partial charge in [-0.05, 0) is 44.0 Å². The summed E-state index contributed by atoms with van der Waals surface area (Å²) in [5.41, 5.74) is 3.65. The van der Waals surface area contributed by atoms with Gasteiger partial charge < -0.3 is 10.1 Å². The van der Waals surface area contributed by atoms with Crippen LogP contribution < -0.4 is 5.32 Å². The molecule has 2 rings (SSSR count). The Morgan fingerprint density at radius 2 is 1.86 bits per heavy atom. The topological polar surface area (TPSA) is 81.2 Å². The molecule has 1 aromatic carbocycles. The molecule has 0 saturated heterocycles. The lowest BCUT2D eigenvalue weighted by atomic mass is 10.1. The van der Waals surface area contributed by atoms with Crippen molar-refractivity contribution in [3.8, 4) is 0 Å². The molecule has 0 fully saturated rings. The van der Waals surface area contributed by atoms with Crippen LogP contribution in [0.3, 0.4) is 0 Å². The molecule has 114 valence electrons. The van der Waals surface area contributed by atoms with Crippen LogP contribution in [0.1, 0.15) is 27.3 Å². The number of amides is 1. The van der Waals surface area contributed by atoms with Gasteiger partial charge in [0.2, 0.25) is 0 Å². The van der Waals surface area contributed by atoms with E-state index in [9.17, 15) is 9.59 Å². The van der Waals surface area contributed by atoms with Gasteiger partial charge in [-0.25, -0.2) is 9.78 Å². The second kappa shape index (κ2) is 6.80. The number of esters is 1. The van der Waals surface area contributed by atoms with Crippen LogP contribution in [0, 0.1) is 20.8 Å². The van der Waals surface area contributed by atoms with Crippen LogP contribution in [-0.2, 0) is 9.53 Å². The monoisotopic (exact) mass is 299 g/mol. The SMILES string of the molecule is Cc1cnc(C(=O)OCC(=O)Nc2ccc(C)c(C)c2)cn1. The summed E-state index contributed by atoms with van der Waals surface area (Å²) in [5.74, 6) is -1.08. The lowest BCUT2D eigenvalue weighted by Crippen LogP contribution is -2.21. The van der Waals surface area contributed by atoms with E-state index in [0.717, 1.165) is 11.1 Å². The third-order valence-electron chi connectivity index (χ3n) is 3.12. The summed E-state index contributed by atoms with van der Waals surface area (Å²) in [6, 6.07) is 5.58. The van der Waals surface area contributed by atoms with E-state index in [4.69, 9.17) is 4.74 Å². The second-order valence-electron chi connectivity index (χ2n) is 4.97. The molecule has 1 heterocycles. The van der Waals surface area contributed by atoms with Crippen molar-refractivity contribution in [2.45, 2.75) is 20.8 Å². The fraction of sp³-hybridized carbons (Fsp3) is 0.250. The highest BCUT2D eigenvalue weighted by Crippen LogP contribution is 2.14. The molecule has 6 nitrogen and oxygen atoms in total. The smallest absolute Gasteiger partial charge is 0.359 e. The predicted octanol–water partition coefficient (Wildman–Crippen LogP) is 2.20. The summed E-state index contributed by atoms with van der Waals surface area (Å²) >= 11 is 0. The largest absolute Gasteiger partial charge is 0.451 e. The molecule has 2 aromatic rings. The maximum Gasteiger partial charge on any atom is 0.359 e. The van der Waals surface area contributed by atoms with Crippen LogP contribution in [0.2, 0.25) is 0 Å². The molecule has 0 aliphatic heterocycles. The number of aromatic nitrogens is 2. The molecule has 0 aliphatic carbocycles. The molecule has 1 N–H and O–H groups in total. The molecule has 1 aromatic heterocycles. The van der Waals surface area contributed by atoms with E-state index in [2.05, 4.69) is 15.3 Å². The number of rotatable bonds is 4. The first kappa shape index (κ1) is 15.6. The van der Waals surface area contributed by atoms with Crippen molar-refractivity contribution in [1.29, 1.82) is 0 Å². The highest BCUT2D eigenvalue weighted by molar-refractivity contribution is 5.94. The van der Waals surface area contributed by atoms with Gasteiger partial charge in [0.15, 0.2) is 12.3 Å². The predicted molar refractivity (Wildman–Crippen MR) is 81.6 cm³/mol. The molecule has 0 unspecified atom stereocenters. The van der Waals surface area contributed by atoms with Crippen LogP contribution in [0.15, 0.2) is 30.6 Å². The van der Waals surface area contributed by atoms with Gasteiger partial charge in [-0.3, -0.25) is 9.78 Å². The first-order chi connectivity index (χ1) is 10.5. The van der Waals surface area contributed by atoms with Crippen LogP contribution in [0.25, 0.3) is 0 Å². The van der Waals surface area contributed by atoms with Crippen molar-refractivity contribution in [2.24, 2.45) is 0 Å². The number of benzene rings is 1. The number of carbonyl (C=O) groups excluding carboxylic acids is 2. The first-order valence-corrected chi connectivity index (χ1v) is 6.78. The van der Waals surface area contributed by atoms with E-state index in [0.29, 0.717) is 11.4 Å². The summed E-state index contributed by atoms with van der Waals surface area (Å²) < 4.78 is 4.90. The van der Waals surface area contributed by atoms with Gasteiger partial charge in [-0.15, -0.1) is 0 Å². The average Bonchev–Trinajstić information content (AvgIpc) is 2.49. The van der Waals surface area contributed by atoms with Crippen LogP contribution >= 0.6 is 0 Å². The molecule has 0 bridgehead atoms. The molecule has 22 heavy (non-hydrogen) atoms. The Morgan fingerprint density at radius 3 is 2.50 bits per heavy atom. The number of nitrogens with one attached hydrogen (secondary N) is 1. The molecule has 0 saturated carbocycles. The van der Waals surface area contributed by atoms with E-state index >= 15 is 0 Å². The Bertz CT molecular complexity index is 696. The molecule has 0 atom stereocenters. The van der Waals surface area contributed by atoms with Crippen molar-refractivity contribution in [3.05, 3.63) is 53.1 Å². The van der Waals surface area contributed by atoms with Gasteiger partial charge in [0.05, 0.1) is 11.9 Å². The van der Waals surface area contributed by atoms with Gasteiger partial charge in [-0.1, -0.05) is 6.07 Å². The highest BCUT2D eigenvalue weighted by atomic mass is 16.5. The summed E-state index contributed by atoms with van der Waals surface area (Å²) in [6.45, 7) is 5.34. The number of aryl methyl sites for hydroxylation is 3. The van der Waals surface area contributed by atoms with E-state index in [1.54, 1.807) is 13.0 Å². The Morgan fingerprint density at radius 1 is 1.09 bits per heavy atom. The molecule has 0 spiro atoms. The number of carbonyl (C=O) groups is 2. The molecular weight excluding hydrogens is 282 g/mol. The second-order valence-corrected chi connectivity index (χ2v) is 4.97. The summed E-state index contributed by atoms with van der Waals surface area (Å²) in [6.07, 6.45) is 2.78. The third kappa shape index (κ3) is 4.12. The summed E-state index contributed by atoms with van der Waals surface area (Å²) in [7, 11) is 0. The van der Waals surface area contributed by atoms with Gasteiger partial charge in [0.25, 0.3) is 5.91 Å². The van der Waals surface area contributed by atoms with E-state index in [1.165, 1.54) is 12.4 Å². The summed E-state index contributed by atoms with van der Waals surface area (Å²) in [5, 5.41) is 2.67. The number of anilines is 1. The van der Waals surface area contributed by atoms with Gasteiger partial charge in [0, 0.05) is 11.9 Å². The minimum Gasteiger partial charge on any atom is -0.451 e. The van der Waals surface area contributed by atoms with E-state index in [-0.39, 0.29) is 12.3 Å². The van der Waals surface area contributed by atoms with E-state index < -0.39 is 11.9 Å². The number of ether oxygens (including phenoxy) is 1. The molecule has 0 aliphatic rings. The van der Waals surface area contributed by atoms with Crippen molar-refractivity contribution in [3.63, 3.8) is 0 Å². The summed E-state index contributed by atoms with van der Waals surface area (Å²) in [4.78, 5) is 31.3. The van der Waals surface area contributed by atoms with Crippen LogP contribution in [0.4, 0.5) is 5.69 Å². The Hall–Kier alpha value is -2.76. The average molecular weight is 299 g/mol. The number of hydrogen-bond acceptors (Lipinski definition) is 5. The lowest BCUT2D eigenvalue weighted by Gasteiger charge is -2.08. The van der Waals surface area contributed by atoms with Crippen LogP contribution in [0.5, 0.6) is 0 Å². The van der Waals surface area contributed by atoms with Gasteiger partial charge in [0.1, 0.15) is 0 Å². The zero-order valence-electron chi connectivity index (χ0n) is 12.7. The van der Waals surface area contributed by atoms with Crippen molar-refractivity contribution >= 4 is 17.6 Å². The van der Waals surface area contributed by atoms with E-state index in [1.807, 2.05) is 26.0 Å². The highest BCUT2D eigenvalue weighted by Gasteiger charge is 2.12. The Balaban J connectivity index is 1.88. The molecule has 6 heteroatoms. The van der Waals surface area contributed by atoms with Crippen molar-refractivity contribution < 1.29 is 14.3 Å². The number of hydrogen-bond donors (Lipinski definition) is 1. The lowest BCUT2D eigenvalue weighted by molar-refractivity contribution is -0.119. The Kier molecular flexibility index (Phi) is 4.83.